The molecule has 0 spiro atoms. The topological polar surface area (TPSA) is 130 Å². The Balaban J connectivity index is 0.000000383. The molecule has 0 saturated heterocycles. The molecule has 6 nitrogen and oxygen atoms in total. The molecule has 0 aliphatic rings. The third-order valence-electron chi connectivity index (χ3n) is 2.27. The van der Waals surface area contributed by atoms with Gasteiger partial charge >= 0.3 is 7.82 Å². The van der Waals surface area contributed by atoms with E-state index in [0.717, 1.165) is 11.1 Å². The first-order chi connectivity index (χ1) is 9.74. The lowest BCUT2D eigenvalue weighted by atomic mass is 10.1. The van der Waals surface area contributed by atoms with Crippen molar-refractivity contribution in [1.82, 2.24) is 0 Å². The van der Waals surface area contributed by atoms with Gasteiger partial charge in [0.2, 0.25) is 0 Å². The molecule has 21 heavy (non-hydrogen) atoms. The first-order valence-electron chi connectivity index (χ1n) is 5.91. The van der Waals surface area contributed by atoms with Crippen LogP contribution in [-0.2, 0) is 4.57 Å². The lowest BCUT2D eigenvalue weighted by molar-refractivity contribution is 0.275. The summed E-state index contributed by atoms with van der Waals surface area (Å²) in [4.78, 5) is 21.6. The zero-order valence-corrected chi connectivity index (χ0v) is 12.0. The highest BCUT2D eigenvalue weighted by atomic mass is 31.2. The molecule has 0 atom stereocenters. The molecule has 2 rings (SSSR count). The van der Waals surface area contributed by atoms with Gasteiger partial charge in [0.05, 0.1) is 0 Å². The summed E-state index contributed by atoms with van der Waals surface area (Å²) in [6, 6.07) is 15.7. The SMILES string of the molecule is Nc1cc(N)cc(C=Cc2ccccc2)c1.O=P(O)(O)O. The maximum absolute atomic E-state index is 8.88. The predicted molar refractivity (Wildman–Crippen MR) is 84.9 cm³/mol. The van der Waals surface area contributed by atoms with Crippen LogP contribution in [0.25, 0.3) is 12.2 Å². The monoisotopic (exact) mass is 308 g/mol. The van der Waals surface area contributed by atoms with Gasteiger partial charge in [-0.3, -0.25) is 0 Å². The van der Waals surface area contributed by atoms with Gasteiger partial charge in [0.15, 0.2) is 0 Å². The summed E-state index contributed by atoms with van der Waals surface area (Å²) in [5.41, 5.74) is 15.0. The van der Waals surface area contributed by atoms with Crippen molar-refractivity contribution < 1.29 is 19.2 Å². The quantitative estimate of drug-likeness (QED) is 0.328. The van der Waals surface area contributed by atoms with Crippen LogP contribution >= 0.6 is 7.82 Å². The van der Waals surface area contributed by atoms with E-state index in [0.29, 0.717) is 11.4 Å². The van der Waals surface area contributed by atoms with E-state index in [9.17, 15) is 0 Å². The van der Waals surface area contributed by atoms with Crippen LogP contribution in [0.3, 0.4) is 0 Å². The molecular formula is C14H17N2O4P. The average Bonchev–Trinajstić information content (AvgIpc) is 2.34. The van der Waals surface area contributed by atoms with E-state index < -0.39 is 7.82 Å². The smallest absolute Gasteiger partial charge is 0.399 e. The molecule has 2 aromatic rings. The Morgan fingerprint density at radius 2 is 1.24 bits per heavy atom. The fourth-order valence-corrected chi connectivity index (χ4v) is 1.56. The van der Waals surface area contributed by atoms with E-state index >= 15 is 0 Å². The maximum Gasteiger partial charge on any atom is 0.466 e. The third kappa shape index (κ3) is 8.62. The van der Waals surface area contributed by atoms with Crippen molar-refractivity contribution in [2.45, 2.75) is 0 Å². The molecule has 0 radical (unpaired) electrons. The molecule has 7 N–H and O–H groups in total. The summed E-state index contributed by atoms with van der Waals surface area (Å²) >= 11 is 0. The van der Waals surface area contributed by atoms with Gasteiger partial charge in [0.1, 0.15) is 0 Å². The van der Waals surface area contributed by atoms with Crippen LogP contribution in [0.15, 0.2) is 48.5 Å². The fraction of sp³-hybridized carbons (Fsp3) is 0. The Morgan fingerprint density at radius 3 is 1.71 bits per heavy atom. The van der Waals surface area contributed by atoms with Crippen molar-refractivity contribution in [3.8, 4) is 0 Å². The Bertz CT molecular complexity index is 625. The van der Waals surface area contributed by atoms with Crippen LogP contribution in [-0.4, -0.2) is 14.7 Å². The number of nitrogen functional groups attached to an aromatic ring is 2. The van der Waals surface area contributed by atoms with Crippen LogP contribution in [0.5, 0.6) is 0 Å². The van der Waals surface area contributed by atoms with Crippen LogP contribution in [0.4, 0.5) is 11.4 Å². The molecule has 2 aromatic carbocycles. The average molecular weight is 308 g/mol. The van der Waals surface area contributed by atoms with Crippen LogP contribution in [0.2, 0.25) is 0 Å². The molecule has 0 aliphatic carbocycles. The predicted octanol–water partition coefficient (Wildman–Crippen LogP) is 2.09. The second kappa shape index (κ2) is 7.61. The summed E-state index contributed by atoms with van der Waals surface area (Å²) in [5.74, 6) is 0. The summed E-state index contributed by atoms with van der Waals surface area (Å²) in [7, 11) is -4.64. The second-order valence-corrected chi connectivity index (χ2v) is 5.22. The van der Waals surface area contributed by atoms with E-state index in [1.807, 2.05) is 54.6 Å². The van der Waals surface area contributed by atoms with Gasteiger partial charge in [-0.25, -0.2) is 4.57 Å². The Morgan fingerprint density at radius 1 is 0.810 bits per heavy atom. The first kappa shape index (κ1) is 16.9. The Kier molecular flexibility index (Phi) is 6.14. The summed E-state index contributed by atoms with van der Waals surface area (Å²) in [5, 5.41) is 0. The molecule has 7 heteroatoms. The molecule has 0 unspecified atom stereocenters. The lowest BCUT2D eigenvalue weighted by Crippen LogP contribution is -1.90. The highest BCUT2D eigenvalue weighted by molar-refractivity contribution is 7.45. The number of anilines is 2. The van der Waals surface area contributed by atoms with Gasteiger partial charge in [-0.2, -0.15) is 0 Å². The molecule has 0 aromatic heterocycles. The third-order valence-corrected chi connectivity index (χ3v) is 2.27. The summed E-state index contributed by atoms with van der Waals surface area (Å²) in [6.45, 7) is 0. The molecule has 0 fully saturated rings. The number of benzene rings is 2. The number of rotatable bonds is 2. The number of phosphoric acid groups is 1. The second-order valence-electron chi connectivity index (χ2n) is 4.19. The van der Waals surface area contributed by atoms with Crippen LogP contribution in [0.1, 0.15) is 11.1 Å². The van der Waals surface area contributed by atoms with E-state index in [-0.39, 0.29) is 0 Å². The standard InChI is InChI=1S/C14H14N2.H3O4P/c15-13-8-12(9-14(16)10-13)7-6-11-4-2-1-3-5-11;1-5(2,3)4/h1-10H,15-16H2;(H3,1,2,3,4). The first-order valence-corrected chi connectivity index (χ1v) is 7.48. The normalized spacial score (nSPS) is 11.0. The van der Waals surface area contributed by atoms with Gasteiger partial charge in [0.25, 0.3) is 0 Å². The van der Waals surface area contributed by atoms with Crippen molar-refractivity contribution in [2.75, 3.05) is 11.5 Å². The zero-order chi connectivity index (χ0) is 15.9. The van der Waals surface area contributed by atoms with E-state index in [2.05, 4.69) is 0 Å². The zero-order valence-electron chi connectivity index (χ0n) is 11.1. The molecule has 0 amide bonds. The Labute approximate surface area is 122 Å². The minimum absolute atomic E-state index is 0.688. The van der Waals surface area contributed by atoms with Crippen LogP contribution in [0, 0.1) is 0 Å². The van der Waals surface area contributed by atoms with Gasteiger partial charge in [-0.1, -0.05) is 42.5 Å². The van der Waals surface area contributed by atoms with Crippen molar-refractivity contribution in [1.29, 1.82) is 0 Å². The molecule has 0 saturated carbocycles. The highest BCUT2D eigenvalue weighted by Gasteiger charge is 2.00. The van der Waals surface area contributed by atoms with Crippen LogP contribution < -0.4 is 11.5 Å². The van der Waals surface area contributed by atoms with Gasteiger partial charge in [0, 0.05) is 11.4 Å². The van der Waals surface area contributed by atoms with Crippen molar-refractivity contribution in [2.24, 2.45) is 0 Å². The minimum Gasteiger partial charge on any atom is -0.399 e. The molecule has 112 valence electrons. The van der Waals surface area contributed by atoms with Crippen molar-refractivity contribution in [3.63, 3.8) is 0 Å². The van der Waals surface area contributed by atoms with Gasteiger partial charge < -0.3 is 26.1 Å². The largest absolute Gasteiger partial charge is 0.466 e. The molecule has 0 aliphatic heterocycles. The molecule has 0 heterocycles. The molecular weight excluding hydrogens is 291 g/mol. The molecule has 0 bridgehead atoms. The number of hydrogen-bond acceptors (Lipinski definition) is 3. The Hall–Kier alpha value is -2.11. The van der Waals surface area contributed by atoms with E-state index in [1.165, 1.54) is 0 Å². The van der Waals surface area contributed by atoms with Gasteiger partial charge in [-0.15, -0.1) is 0 Å². The minimum atomic E-state index is -4.64. The van der Waals surface area contributed by atoms with E-state index in [1.54, 1.807) is 6.07 Å². The number of hydrogen-bond donors (Lipinski definition) is 5. The van der Waals surface area contributed by atoms with Crippen molar-refractivity contribution >= 4 is 31.3 Å². The summed E-state index contributed by atoms with van der Waals surface area (Å²) in [6.07, 6.45) is 4.04. The fourth-order valence-electron chi connectivity index (χ4n) is 1.56. The maximum atomic E-state index is 8.88. The van der Waals surface area contributed by atoms with Crippen molar-refractivity contribution in [3.05, 3.63) is 59.7 Å². The van der Waals surface area contributed by atoms with E-state index in [4.69, 9.17) is 30.7 Å². The summed E-state index contributed by atoms with van der Waals surface area (Å²) < 4.78 is 8.88. The highest BCUT2D eigenvalue weighted by Crippen LogP contribution is 2.25. The van der Waals surface area contributed by atoms with Gasteiger partial charge in [-0.05, 0) is 29.3 Å². The number of nitrogens with two attached hydrogens (primary N) is 2. The lowest BCUT2D eigenvalue weighted by Gasteiger charge is -1.99.